The van der Waals surface area contributed by atoms with E-state index < -0.39 is 0 Å². The highest BCUT2D eigenvalue weighted by Gasteiger charge is 2.18. The normalized spacial score (nSPS) is 15.7. The highest BCUT2D eigenvalue weighted by Crippen LogP contribution is 2.28. The van der Waals surface area contributed by atoms with Gasteiger partial charge in [-0.3, -0.25) is 5.01 Å². The van der Waals surface area contributed by atoms with Crippen LogP contribution in [-0.2, 0) is 0 Å². The van der Waals surface area contributed by atoms with Crippen LogP contribution < -0.4 is 9.64 Å². The van der Waals surface area contributed by atoms with Crippen molar-refractivity contribution in [3.63, 3.8) is 0 Å². The molecule has 2 aromatic carbocycles. The largest absolute Gasteiger partial charge is 0.495 e. The van der Waals surface area contributed by atoms with Crippen LogP contribution in [0, 0.1) is 0 Å². The van der Waals surface area contributed by atoms with Crippen molar-refractivity contribution in [2.45, 2.75) is 6.92 Å². The second-order valence-electron chi connectivity index (χ2n) is 6.16. The van der Waals surface area contributed by atoms with E-state index in [0.29, 0.717) is 0 Å². The molecule has 0 radical (unpaired) electrons. The summed E-state index contributed by atoms with van der Waals surface area (Å²) in [6.07, 6.45) is 4.10. The van der Waals surface area contributed by atoms with E-state index in [1.54, 1.807) is 7.11 Å². The number of anilines is 1. The Bertz CT molecular complexity index is 732. The Labute approximate surface area is 150 Å². The average Bonchev–Trinajstić information content (AvgIpc) is 2.67. The summed E-state index contributed by atoms with van der Waals surface area (Å²) in [7, 11) is 1.72. The van der Waals surface area contributed by atoms with Gasteiger partial charge in [0.25, 0.3) is 0 Å². The summed E-state index contributed by atoms with van der Waals surface area (Å²) in [4.78, 5) is 2.36. The molecule has 130 valence electrons. The number of methoxy groups -OCH3 is 1. The average molecular weight is 335 g/mol. The predicted octanol–water partition coefficient (Wildman–Crippen LogP) is 3.91. The van der Waals surface area contributed by atoms with Crippen molar-refractivity contribution in [3.8, 4) is 5.75 Å². The molecule has 4 nitrogen and oxygen atoms in total. The van der Waals surface area contributed by atoms with Crippen molar-refractivity contribution in [1.82, 2.24) is 5.01 Å². The number of para-hydroxylation sites is 2. The Hall–Kier alpha value is -2.75. The molecule has 0 bridgehead atoms. The molecule has 0 saturated carbocycles. The molecule has 0 amide bonds. The number of hydrazone groups is 1. The molecule has 1 saturated heterocycles. The summed E-state index contributed by atoms with van der Waals surface area (Å²) in [5, 5.41) is 6.77. The molecule has 0 aromatic heterocycles. The van der Waals surface area contributed by atoms with Gasteiger partial charge < -0.3 is 9.64 Å². The zero-order valence-electron chi connectivity index (χ0n) is 14.9. The molecule has 1 heterocycles. The maximum atomic E-state index is 5.47. The molecule has 3 rings (SSSR count). The lowest BCUT2D eigenvalue weighted by molar-refractivity contribution is 0.271. The van der Waals surface area contributed by atoms with E-state index >= 15 is 0 Å². The molecule has 0 aliphatic carbocycles. The van der Waals surface area contributed by atoms with Gasteiger partial charge in [-0.1, -0.05) is 48.5 Å². The molecule has 0 unspecified atom stereocenters. The minimum Gasteiger partial charge on any atom is -0.495 e. The molecule has 0 atom stereocenters. The van der Waals surface area contributed by atoms with Gasteiger partial charge in [0.1, 0.15) is 5.75 Å². The van der Waals surface area contributed by atoms with Crippen LogP contribution in [0.25, 0.3) is 6.08 Å². The van der Waals surface area contributed by atoms with Gasteiger partial charge in [-0.15, -0.1) is 0 Å². The molecule has 2 aromatic rings. The number of hydrogen-bond donors (Lipinski definition) is 0. The first-order chi connectivity index (χ1) is 12.3. The van der Waals surface area contributed by atoms with Crippen LogP contribution >= 0.6 is 0 Å². The Morgan fingerprint density at radius 1 is 0.960 bits per heavy atom. The van der Waals surface area contributed by atoms with Crippen molar-refractivity contribution in [2.75, 3.05) is 38.2 Å². The number of piperazine rings is 1. The fourth-order valence-corrected chi connectivity index (χ4v) is 2.97. The quantitative estimate of drug-likeness (QED) is 0.776. The lowest BCUT2D eigenvalue weighted by atomic mass is 10.1. The van der Waals surface area contributed by atoms with Gasteiger partial charge in [0.2, 0.25) is 0 Å². The maximum absolute atomic E-state index is 5.47. The van der Waals surface area contributed by atoms with Crippen molar-refractivity contribution in [2.24, 2.45) is 5.10 Å². The van der Waals surface area contributed by atoms with Gasteiger partial charge in [-0.25, -0.2) is 0 Å². The number of allylic oxidation sites excluding steroid dienone is 1. The zero-order valence-corrected chi connectivity index (χ0v) is 14.9. The third-order valence-electron chi connectivity index (χ3n) is 4.30. The van der Waals surface area contributed by atoms with Crippen molar-refractivity contribution in [3.05, 3.63) is 65.7 Å². The summed E-state index contributed by atoms with van der Waals surface area (Å²) in [6, 6.07) is 18.5. The minimum atomic E-state index is 0.910. The third-order valence-corrected chi connectivity index (χ3v) is 4.30. The summed E-state index contributed by atoms with van der Waals surface area (Å²) in [5.41, 5.74) is 3.51. The first-order valence-corrected chi connectivity index (χ1v) is 8.66. The molecular formula is C21H25N3O. The predicted molar refractivity (Wildman–Crippen MR) is 105 cm³/mol. The van der Waals surface area contributed by atoms with Gasteiger partial charge in [-0.05, 0) is 30.2 Å². The van der Waals surface area contributed by atoms with E-state index in [1.165, 1.54) is 5.56 Å². The molecule has 0 N–H and O–H groups in total. The lowest BCUT2D eigenvalue weighted by Crippen LogP contribution is -2.44. The monoisotopic (exact) mass is 335 g/mol. The first-order valence-electron chi connectivity index (χ1n) is 8.66. The Morgan fingerprint density at radius 3 is 2.36 bits per heavy atom. The second-order valence-corrected chi connectivity index (χ2v) is 6.16. The van der Waals surface area contributed by atoms with Crippen molar-refractivity contribution >= 4 is 18.0 Å². The van der Waals surface area contributed by atoms with Crippen LogP contribution in [0.15, 0.2) is 65.3 Å². The van der Waals surface area contributed by atoms with E-state index in [-0.39, 0.29) is 0 Å². The van der Waals surface area contributed by atoms with E-state index in [9.17, 15) is 0 Å². The van der Waals surface area contributed by atoms with Gasteiger partial charge in [0, 0.05) is 19.3 Å². The van der Waals surface area contributed by atoms with Crippen LogP contribution in [-0.4, -0.2) is 44.5 Å². The minimum absolute atomic E-state index is 0.910. The first kappa shape index (κ1) is 17.1. The zero-order chi connectivity index (χ0) is 17.5. The van der Waals surface area contributed by atoms with E-state index in [2.05, 4.69) is 52.3 Å². The van der Waals surface area contributed by atoms with Crippen LogP contribution in [0.5, 0.6) is 5.75 Å². The van der Waals surface area contributed by atoms with Crippen molar-refractivity contribution < 1.29 is 4.74 Å². The highest BCUT2D eigenvalue weighted by atomic mass is 16.5. The fraction of sp³-hybridized carbons (Fsp3) is 0.286. The summed E-state index contributed by atoms with van der Waals surface area (Å²) < 4.78 is 5.47. The molecule has 25 heavy (non-hydrogen) atoms. The number of nitrogens with zero attached hydrogens (tertiary/aromatic N) is 3. The van der Waals surface area contributed by atoms with Crippen LogP contribution in [0.4, 0.5) is 5.69 Å². The topological polar surface area (TPSA) is 28.1 Å². The summed E-state index contributed by atoms with van der Waals surface area (Å²) in [5.74, 6) is 0.932. The van der Waals surface area contributed by atoms with Gasteiger partial charge >= 0.3 is 0 Å². The maximum Gasteiger partial charge on any atom is 0.142 e. The molecular weight excluding hydrogens is 310 g/mol. The fourth-order valence-electron chi connectivity index (χ4n) is 2.97. The van der Waals surface area contributed by atoms with Gasteiger partial charge in [0.15, 0.2) is 0 Å². The molecule has 4 heteroatoms. The van der Waals surface area contributed by atoms with Crippen molar-refractivity contribution in [1.29, 1.82) is 0 Å². The number of hydrogen-bond acceptors (Lipinski definition) is 4. The van der Waals surface area contributed by atoms with E-state index in [0.717, 1.165) is 43.2 Å². The molecule has 1 aliphatic rings. The number of rotatable bonds is 5. The van der Waals surface area contributed by atoms with E-state index in [4.69, 9.17) is 4.74 Å². The standard InChI is InChI=1S/C21H25N3O/c1-18(16-19-8-4-3-5-9-19)17-22-24-14-12-23(13-15-24)20-10-6-7-11-21(20)25-2/h3-11,16-17H,12-15H2,1-2H3. The smallest absolute Gasteiger partial charge is 0.142 e. The third kappa shape index (κ3) is 4.63. The van der Waals surface area contributed by atoms with Gasteiger partial charge in [0.05, 0.1) is 25.9 Å². The summed E-state index contributed by atoms with van der Waals surface area (Å²) >= 11 is 0. The van der Waals surface area contributed by atoms with Crippen LogP contribution in [0.1, 0.15) is 12.5 Å². The number of ether oxygens (including phenoxy) is 1. The van der Waals surface area contributed by atoms with Gasteiger partial charge in [-0.2, -0.15) is 5.10 Å². The SMILES string of the molecule is COc1ccccc1N1CCN(N=CC(C)=Cc2ccccc2)CC1. The molecule has 0 spiro atoms. The highest BCUT2D eigenvalue weighted by molar-refractivity contribution is 5.84. The van der Waals surface area contributed by atoms with E-state index in [1.807, 2.05) is 36.5 Å². The summed E-state index contributed by atoms with van der Waals surface area (Å²) in [6.45, 7) is 5.79. The Kier molecular flexibility index (Phi) is 5.73. The van der Waals surface area contributed by atoms with Crippen LogP contribution in [0.3, 0.4) is 0 Å². The number of benzene rings is 2. The Morgan fingerprint density at radius 2 is 1.64 bits per heavy atom. The van der Waals surface area contributed by atoms with Crippen LogP contribution in [0.2, 0.25) is 0 Å². The lowest BCUT2D eigenvalue weighted by Gasteiger charge is -2.35. The second kappa shape index (κ2) is 8.38. The molecule has 1 aliphatic heterocycles. The molecule has 1 fully saturated rings. The Balaban J connectivity index is 1.56.